The average Bonchev–Trinajstić information content (AvgIpc) is 2.27. The van der Waals surface area contributed by atoms with Crippen LogP contribution in [0.4, 0.5) is 0 Å². The van der Waals surface area contributed by atoms with E-state index in [4.69, 9.17) is 5.73 Å². The summed E-state index contributed by atoms with van der Waals surface area (Å²) in [5, 5.41) is 0. The van der Waals surface area contributed by atoms with Crippen molar-refractivity contribution in [2.45, 2.75) is 83.6 Å². The van der Waals surface area contributed by atoms with Gasteiger partial charge in [0.2, 0.25) is 0 Å². The molecule has 0 radical (unpaired) electrons. The van der Waals surface area contributed by atoms with Crippen molar-refractivity contribution >= 4 is 18.7 Å². The summed E-state index contributed by atoms with van der Waals surface area (Å²) in [4.78, 5) is 10.2. The van der Waals surface area contributed by atoms with Gasteiger partial charge in [-0.1, -0.05) is 64.7 Å². The molecule has 0 saturated heterocycles. The first-order chi connectivity index (χ1) is 7.81. The van der Waals surface area contributed by atoms with Crippen LogP contribution in [0.1, 0.15) is 77.6 Å². The van der Waals surface area contributed by atoms with E-state index in [9.17, 15) is 4.79 Å². The van der Waals surface area contributed by atoms with Crippen molar-refractivity contribution in [2.75, 3.05) is 0 Å². The van der Waals surface area contributed by atoms with Gasteiger partial charge in [-0.3, -0.25) is 0 Å². The Bertz CT molecular complexity index is 153. The molecule has 2 N–H and O–H groups in total. The Hall–Kier alpha value is -0.0800. The Morgan fingerprint density at radius 3 is 1.88 bits per heavy atom. The van der Waals surface area contributed by atoms with Gasteiger partial charge < -0.3 is 10.5 Å². The number of aldehydes is 1. The highest BCUT2D eigenvalue weighted by atomic mass is 35.5. The second kappa shape index (κ2) is 15.9. The summed E-state index contributed by atoms with van der Waals surface area (Å²) < 4.78 is 0. The lowest BCUT2D eigenvalue weighted by atomic mass is 10.0. The van der Waals surface area contributed by atoms with Crippen molar-refractivity contribution in [2.24, 2.45) is 5.73 Å². The molecule has 0 aromatic rings. The quantitative estimate of drug-likeness (QED) is 0.423. The molecule has 17 heavy (non-hydrogen) atoms. The van der Waals surface area contributed by atoms with E-state index in [1.807, 2.05) is 0 Å². The highest BCUT2D eigenvalue weighted by Gasteiger charge is 2.00. The third-order valence-electron chi connectivity index (χ3n) is 3.08. The Kier molecular flexibility index (Phi) is 18.0. The molecule has 1 unspecified atom stereocenters. The molecule has 0 spiro atoms. The summed E-state index contributed by atoms with van der Waals surface area (Å²) in [6.07, 6.45) is 14.5. The van der Waals surface area contributed by atoms with Crippen molar-refractivity contribution in [3.05, 3.63) is 0 Å². The summed E-state index contributed by atoms with van der Waals surface area (Å²) in [5.74, 6) is 0. The molecule has 0 amide bonds. The minimum atomic E-state index is 0. The molecule has 0 fully saturated rings. The molecule has 0 saturated carbocycles. The van der Waals surface area contributed by atoms with Crippen LogP contribution in [0.3, 0.4) is 0 Å². The first-order valence-electron chi connectivity index (χ1n) is 7.00. The van der Waals surface area contributed by atoms with Gasteiger partial charge >= 0.3 is 0 Å². The van der Waals surface area contributed by atoms with Crippen LogP contribution in [0.25, 0.3) is 0 Å². The molecular formula is C14H30ClNO. The third kappa shape index (κ3) is 15.9. The summed E-state index contributed by atoms with van der Waals surface area (Å²) in [7, 11) is 0. The van der Waals surface area contributed by atoms with E-state index < -0.39 is 0 Å². The molecule has 1 atom stereocenters. The monoisotopic (exact) mass is 263 g/mol. The van der Waals surface area contributed by atoms with Gasteiger partial charge in [-0.2, -0.15) is 0 Å². The van der Waals surface area contributed by atoms with Gasteiger partial charge in [0.1, 0.15) is 6.29 Å². The number of carbonyl (C=O) groups excluding carboxylic acids is 1. The van der Waals surface area contributed by atoms with E-state index in [2.05, 4.69) is 6.92 Å². The van der Waals surface area contributed by atoms with Gasteiger partial charge in [0.15, 0.2) is 0 Å². The largest absolute Gasteiger partial charge is 0.327 e. The molecule has 0 aliphatic rings. The molecule has 0 aliphatic heterocycles. The zero-order valence-electron chi connectivity index (χ0n) is 11.3. The second-order valence-electron chi connectivity index (χ2n) is 4.78. The minimum Gasteiger partial charge on any atom is -0.327 e. The van der Waals surface area contributed by atoms with E-state index in [1.54, 1.807) is 0 Å². The number of carbonyl (C=O) groups is 1. The van der Waals surface area contributed by atoms with Crippen LogP contribution < -0.4 is 5.73 Å². The molecule has 2 nitrogen and oxygen atoms in total. The van der Waals surface area contributed by atoms with Gasteiger partial charge in [0.25, 0.3) is 0 Å². The van der Waals surface area contributed by atoms with Crippen molar-refractivity contribution < 1.29 is 4.79 Å². The normalized spacial score (nSPS) is 11.9. The molecule has 0 aromatic heterocycles. The molecule has 0 aliphatic carbocycles. The smallest absolute Gasteiger partial charge is 0.121 e. The lowest BCUT2D eigenvalue weighted by Crippen LogP contribution is -2.19. The topological polar surface area (TPSA) is 43.1 Å². The van der Waals surface area contributed by atoms with Crippen LogP contribution in [0.15, 0.2) is 0 Å². The van der Waals surface area contributed by atoms with E-state index in [0.717, 1.165) is 12.7 Å². The van der Waals surface area contributed by atoms with Crippen molar-refractivity contribution in [3.8, 4) is 0 Å². The highest BCUT2D eigenvalue weighted by Crippen LogP contribution is 2.11. The molecular weight excluding hydrogens is 234 g/mol. The predicted octanol–water partition coefficient (Wildman–Crippen LogP) is 4.25. The Morgan fingerprint density at radius 1 is 0.941 bits per heavy atom. The van der Waals surface area contributed by atoms with E-state index in [1.165, 1.54) is 57.8 Å². The van der Waals surface area contributed by atoms with Crippen LogP contribution in [0.5, 0.6) is 0 Å². The van der Waals surface area contributed by atoms with Crippen LogP contribution in [0.2, 0.25) is 0 Å². The van der Waals surface area contributed by atoms with Crippen LogP contribution in [-0.4, -0.2) is 12.3 Å². The summed E-state index contributed by atoms with van der Waals surface area (Å²) in [6, 6.07) is 0.0991. The number of nitrogens with two attached hydrogens (primary N) is 1. The van der Waals surface area contributed by atoms with E-state index >= 15 is 0 Å². The zero-order valence-corrected chi connectivity index (χ0v) is 12.1. The van der Waals surface area contributed by atoms with Gasteiger partial charge in [0.05, 0.1) is 0 Å². The fourth-order valence-corrected chi connectivity index (χ4v) is 1.96. The Morgan fingerprint density at radius 2 is 1.41 bits per heavy atom. The molecule has 104 valence electrons. The second-order valence-corrected chi connectivity index (χ2v) is 4.78. The Balaban J connectivity index is 0. The van der Waals surface area contributed by atoms with Gasteiger partial charge in [-0.25, -0.2) is 0 Å². The fourth-order valence-electron chi connectivity index (χ4n) is 1.96. The lowest BCUT2D eigenvalue weighted by Gasteiger charge is -2.07. The molecule has 0 bridgehead atoms. The van der Waals surface area contributed by atoms with Gasteiger partial charge in [0, 0.05) is 12.5 Å². The van der Waals surface area contributed by atoms with Crippen LogP contribution in [0, 0.1) is 0 Å². The van der Waals surface area contributed by atoms with Crippen molar-refractivity contribution in [1.82, 2.24) is 0 Å². The van der Waals surface area contributed by atoms with Crippen LogP contribution in [-0.2, 0) is 4.79 Å². The van der Waals surface area contributed by atoms with Crippen molar-refractivity contribution in [3.63, 3.8) is 0 Å². The van der Waals surface area contributed by atoms with Gasteiger partial charge in [-0.15, -0.1) is 12.4 Å². The van der Waals surface area contributed by atoms with Crippen molar-refractivity contribution in [1.29, 1.82) is 0 Å². The van der Waals surface area contributed by atoms with E-state index in [-0.39, 0.29) is 18.4 Å². The molecule has 0 heterocycles. The maximum atomic E-state index is 10.2. The third-order valence-corrected chi connectivity index (χ3v) is 3.08. The van der Waals surface area contributed by atoms with Gasteiger partial charge in [-0.05, 0) is 6.42 Å². The highest BCUT2D eigenvalue weighted by molar-refractivity contribution is 5.85. The summed E-state index contributed by atoms with van der Waals surface area (Å²) >= 11 is 0. The average molecular weight is 264 g/mol. The summed E-state index contributed by atoms with van der Waals surface area (Å²) in [6.45, 7) is 2.25. The zero-order chi connectivity index (χ0) is 12.1. The molecule has 0 rings (SSSR count). The standard InChI is InChI=1S/C14H29NO.ClH/c1-2-3-4-5-6-7-8-9-10-11-14(15)12-13-16;/h13-14H,2-12,15H2,1H3;1H. The van der Waals surface area contributed by atoms with E-state index in [0.29, 0.717) is 6.42 Å². The SMILES string of the molecule is CCCCCCCCCCCC(N)CC=O.Cl. The minimum absolute atomic E-state index is 0. The summed E-state index contributed by atoms with van der Waals surface area (Å²) in [5.41, 5.74) is 5.75. The number of hydrogen-bond donors (Lipinski definition) is 1. The predicted molar refractivity (Wildman–Crippen MR) is 77.7 cm³/mol. The number of hydrogen-bond acceptors (Lipinski definition) is 2. The fraction of sp³-hybridized carbons (Fsp3) is 0.929. The van der Waals surface area contributed by atoms with Crippen LogP contribution >= 0.6 is 12.4 Å². The lowest BCUT2D eigenvalue weighted by molar-refractivity contribution is -0.108. The number of halogens is 1. The first-order valence-corrected chi connectivity index (χ1v) is 7.00. The molecule has 3 heteroatoms. The Labute approximate surface area is 113 Å². The maximum absolute atomic E-state index is 10.2. The number of rotatable bonds is 12. The number of unbranched alkanes of at least 4 members (excludes halogenated alkanes) is 8. The maximum Gasteiger partial charge on any atom is 0.121 e. The first kappa shape index (κ1) is 19.3. The molecule has 0 aromatic carbocycles.